The fourth-order valence-electron chi connectivity index (χ4n) is 10.0. The average molecular weight is 1440 g/mol. The number of rotatable bonds is 59. The molecule has 566 valence electrons. The Morgan fingerprint density at radius 1 is 0.556 bits per heavy atom. The van der Waals surface area contributed by atoms with Gasteiger partial charge in [0, 0.05) is 114 Å². The predicted molar refractivity (Wildman–Crippen MR) is 375 cm³/mol. The molecule has 2 fully saturated rings. The van der Waals surface area contributed by atoms with Crippen LogP contribution in [0.1, 0.15) is 129 Å². The van der Waals surface area contributed by atoms with E-state index in [1.807, 2.05) is 23.9 Å². The standard InChI is InChI=1S/C69H117N7O21S2/c1-69(2,3)67(84)97-57(53-21-23-54(24-22-53)96-68(85)73(6)52-72(4)5)45-62(79)74(29-15-11-13-17-43-98-58-46-63(80)75(65(58)82)31-25-60(77)70-27-19-33-90-48-55(94-41-37-88-9)50-92-39-35-86-7)30-16-12-14-18-44-99-59-47-64(81)76(66(59)83)32-26-61(78)71-28-20-34-91-49-56(95-42-38-89-10)51-93-40-36-87-8/h21-24,55-59H,11-20,25-52H2,1-10H3,(H,70,77)(H,71,78). The number of carbonyl (C=O) groups is 9. The number of imide groups is 2. The number of amides is 8. The first-order chi connectivity index (χ1) is 47.6. The minimum absolute atomic E-state index is 0.00450. The summed E-state index contributed by atoms with van der Waals surface area (Å²) >= 11 is 2.89. The van der Waals surface area contributed by atoms with Gasteiger partial charge in [-0.25, -0.2) is 4.79 Å². The zero-order chi connectivity index (χ0) is 72.6. The molecule has 2 saturated heterocycles. The number of ether oxygens (including phenoxy) is 12. The van der Waals surface area contributed by atoms with Crippen molar-refractivity contribution < 1.29 is 100.0 Å². The number of hydrogen-bond donors (Lipinski definition) is 2. The summed E-state index contributed by atoms with van der Waals surface area (Å²) in [4.78, 5) is 126. The highest BCUT2D eigenvalue weighted by molar-refractivity contribution is 8.00. The van der Waals surface area contributed by atoms with E-state index in [4.69, 9.17) is 56.8 Å². The molecule has 28 nitrogen and oxygen atoms in total. The zero-order valence-electron chi connectivity index (χ0n) is 60.7. The molecule has 0 bridgehead atoms. The van der Waals surface area contributed by atoms with Crippen LogP contribution in [0.4, 0.5) is 4.79 Å². The quantitative estimate of drug-likeness (QED) is 0.0350. The number of thioether (sulfide) groups is 2. The third kappa shape index (κ3) is 38.7. The average Bonchev–Trinajstić information content (AvgIpc) is 1.76. The topological polar surface area (TPSA) is 305 Å². The molecule has 2 aliphatic heterocycles. The second-order valence-corrected chi connectivity index (χ2v) is 28.1. The normalized spacial score (nSPS) is 15.8. The molecule has 5 unspecified atom stereocenters. The van der Waals surface area contributed by atoms with Gasteiger partial charge >= 0.3 is 12.1 Å². The van der Waals surface area contributed by atoms with Gasteiger partial charge in [-0.3, -0.25) is 58.0 Å². The van der Waals surface area contributed by atoms with Crippen LogP contribution in [-0.4, -0.2) is 300 Å². The van der Waals surface area contributed by atoms with E-state index in [9.17, 15) is 43.2 Å². The van der Waals surface area contributed by atoms with E-state index < -0.39 is 34.1 Å². The minimum Gasteiger partial charge on any atom is -0.457 e. The molecule has 0 aliphatic carbocycles. The maximum absolute atomic E-state index is 14.5. The SMILES string of the molecule is COCCOCC(COCCCNC(=O)CCN1C(=O)CC(SCCCCCCN(CCCCCCSC2CC(=O)N(CCC(=O)NCCCOCC(COCCOC)OCCOC)C2=O)C(=O)CC(OC(=O)C(C)(C)C)c2ccc(OC(=O)N(C)CN(C)C)cc2)C1=O)OCCOC. The van der Waals surface area contributed by atoms with Gasteiger partial charge in [-0.1, -0.05) is 37.8 Å². The summed E-state index contributed by atoms with van der Waals surface area (Å²) in [5.41, 5.74) is -0.303. The first kappa shape index (κ1) is 88.1. The number of hydrogen-bond acceptors (Lipinski definition) is 24. The zero-order valence-corrected chi connectivity index (χ0v) is 62.3. The number of nitrogens with zero attached hydrogens (tertiary/aromatic N) is 5. The fraction of sp³-hybridized carbons (Fsp3) is 0.783. The largest absolute Gasteiger partial charge is 0.457 e. The maximum Gasteiger partial charge on any atom is 0.416 e. The molecule has 2 aliphatic rings. The van der Waals surface area contributed by atoms with Gasteiger partial charge in [-0.2, -0.15) is 0 Å². The number of nitrogens with one attached hydrogen (secondary N) is 2. The minimum atomic E-state index is -0.934. The smallest absolute Gasteiger partial charge is 0.416 e. The molecule has 0 saturated carbocycles. The molecule has 1 aromatic rings. The lowest BCUT2D eigenvalue weighted by Gasteiger charge is -2.27. The van der Waals surface area contributed by atoms with E-state index in [0.29, 0.717) is 168 Å². The van der Waals surface area contributed by atoms with Gasteiger partial charge in [0.15, 0.2) is 0 Å². The van der Waals surface area contributed by atoms with Gasteiger partial charge in [0.05, 0.1) is 108 Å². The first-order valence-electron chi connectivity index (χ1n) is 34.7. The Labute approximate surface area is 595 Å². The second kappa shape index (κ2) is 52.8. The first-order valence-corrected chi connectivity index (χ1v) is 36.8. The molecule has 2 heterocycles. The molecule has 99 heavy (non-hydrogen) atoms. The van der Waals surface area contributed by atoms with Crippen molar-refractivity contribution in [2.24, 2.45) is 5.41 Å². The molecular formula is C69H117N7O21S2. The Morgan fingerprint density at radius 2 is 0.980 bits per heavy atom. The van der Waals surface area contributed by atoms with Crippen molar-refractivity contribution in [1.29, 1.82) is 0 Å². The maximum atomic E-state index is 14.5. The van der Waals surface area contributed by atoms with Crippen molar-refractivity contribution in [3.8, 4) is 5.75 Å². The number of unbranched alkanes of at least 4 members (excludes halogenated alkanes) is 6. The van der Waals surface area contributed by atoms with Gasteiger partial charge in [0.25, 0.3) is 0 Å². The van der Waals surface area contributed by atoms with Crippen LogP contribution >= 0.6 is 23.5 Å². The lowest BCUT2D eigenvalue weighted by atomic mass is 9.96. The van der Waals surface area contributed by atoms with Crippen LogP contribution in [0.2, 0.25) is 0 Å². The van der Waals surface area contributed by atoms with Crippen LogP contribution in [0.15, 0.2) is 24.3 Å². The molecule has 3 rings (SSSR count). The summed E-state index contributed by atoms with van der Waals surface area (Å²) in [7, 11) is 11.7. The summed E-state index contributed by atoms with van der Waals surface area (Å²) in [5.74, 6) is -0.784. The third-order valence-electron chi connectivity index (χ3n) is 15.6. The summed E-state index contributed by atoms with van der Waals surface area (Å²) < 4.78 is 66.1. The van der Waals surface area contributed by atoms with Crippen LogP contribution in [0.5, 0.6) is 5.75 Å². The number of esters is 1. The van der Waals surface area contributed by atoms with E-state index >= 15 is 0 Å². The molecular weight excluding hydrogens is 1330 g/mol. The van der Waals surface area contributed by atoms with Crippen molar-refractivity contribution >= 4 is 76.9 Å². The molecule has 0 radical (unpaired) electrons. The summed E-state index contributed by atoms with van der Waals surface area (Å²) in [6.45, 7) is 12.8. The van der Waals surface area contributed by atoms with Gasteiger partial charge < -0.3 is 72.4 Å². The Balaban J connectivity index is 1.49. The van der Waals surface area contributed by atoms with Crippen molar-refractivity contribution in [2.75, 3.05) is 200 Å². The molecule has 5 atom stereocenters. The van der Waals surface area contributed by atoms with E-state index in [1.54, 1.807) is 80.5 Å². The Kier molecular flexibility index (Phi) is 47.0. The Bertz CT molecular complexity index is 2380. The third-order valence-corrected chi connectivity index (χ3v) is 18.2. The van der Waals surface area contributed by atoms with E-state index in [2.05, 4.69) is 10.6 Å². The van der Waals surface area contributed by atoms with E-state index in [1.165, 1.54) is 38.2 Å². The van der Waals surface area contributed by atoms with E-state index in [0.717, 1.165) is 38.5 Å². The van der Waals surface area contributed by atoms with Gasteiger partial charge in [-0.05, 0) is 103 Å². The van der Waals surface area contributed by atoms with Crippen LogP contribution in [0.25, 0.3) is 0 Å². The fourth-order valence-corrected chi connectivity index (χ4v) is 12.4. The summed E-state index contributed by atoms with van der Waals surface area (Å²) in [6.07, 6.45) is 5.24. The molecule has 2 N–H and O–H groups in total. The monoisotopic (exact) mass is 1440 g/mol. The summed E-state index contributed by atoms with van der Waals surface area (Å²) in [5, 5.41) is 4.64. The van der Waals surface area contributed by atoms with Crippen LogP contribution in [0.3, 0.4) is 0 Å². The van der Waals surface area contributed by atoms with Gasteiger partial charge in [0.1, 0.15) is 24.1 Å². The van der Waals surface area contributed by atoms with Crippen LogP contribution in [0, 0.1) is 5.41 Å². The molecule has 30 heteroatoms. The second-order valence-electron chi connectivity index (χ2n) is 25.5. The highest BCUT2D eigenvalue weighted by atomic mass is 32.2. The molecule has 0 aromatic heterocycles. The Hall–Kier alpha value is -5.09. The highest BCUT2D eigenvalue weighted by Gasteiger charge is 2.40. The number of likely N-dealkylation sites (tertiary alicyclic amines) is 2. The predicted octanol–water partition coefficient (Wildman–Crippen LogP) is 5.54. The van der Waals surface area contributed by atoms with Crippen LogP contribution in [-0.2, 0) is 90.5 Å². The van der Waals surface area contributed by atoms with Gasteiger partial charge in [0.2, 0.25) is 41.4 Å². The molecule has 0 spiro atoms. The van der Waals surface area contributed by atoms with Crippen molar-refractivity contribution in [2.45, 2.75) is 146 Å². The summed E-state index contributed by atoms with van der Waals surface area (Å²) in [6, 6.07) is 6.59. The van der Waals surface area contributed by atoms with Crippen molar-refractivity contribution in [3.05, 3.63) is 29.8 Å². The highest BCUT2D eigenvalue weighted by Crippen LogP contribution is 2.31. The molecule has 1 aromatic carbocycles. The lowest BCUT2D eigenvalue weighted by molar-refractivity contribution is -0.161. The van der Waals surface area contributed by atoms with Crippen molar-refractivity contribution in [1.82, 2.24) is 35.1 Å². The van der Waals surface area contributed by atoms with Crippen molar-refractivity contribution in [3.63, 3.8) is 0 Å². The van der Waals surface area contributed by atoms with Crippen LogP contribution < -0.4 is 15.4 Å². The number of carbonyl (C=O) groups excluding carboxylic acids is 9. The number of methoxy groups -OCH3 is 4. The molecule has 8 amide bonds. The van der Waals surface area contributed by atoms with Gasteiger partial charge in [-0.15, -0.1) is 23.5 Å². The Morgan fingerprint density at radius 3 is 1.40 bits per heavy atom. The number of benzene rings is 1. The van der Waals surface area contributed by atoms with E-state index in [-0.39, 0.29) is 105 Å². The lowest BCUT2D eigenvalue weighted by Crippen LogP contribution is -2.37.